The Labute approximate surface area is 137 Å². The van der Waals surface area contributed by atoms with Crippen LogP contribution in [0.5, 0.6) is 0 Å². The molecule has 7 heteroatoms. The molecule has 0 aliphatic rings. The molecule has 0 spiro atoms. The van der Waals surface area contributed by atoms with Crippen molar-refractivity contribution in [3.8, 4) is 5.69 Å². The smallest absolute Gasteiger partial charge is 0.0969 e. The van der Waals surface area contributed by atoms with E-state index in [-0.39, 0.29) is 0 Å². The van der Waals surface area contributed by atoms with E-state index < -0.39 is 0 Å². The molecule has 4 nitrogen and oxygen atoms in total. The van der Waals surface area contributed by atoms with Gasteiger partial charge in [-0.25, -0.2) is 4.68 Å². The average Bonchev–Trinajstić information content (AvgIpc) is 2.73. The lowest BCUT2D eigenvalue weighted by Gasteiger charge is -2.07. The Balaban J connectivity index is 2.28. The van der Waals surface area contributed by atoms with Gasteiger partial charge in [-0.3, -0.25) is 0 Å². The summed E-state index contributed by atoms with van der Waals surface area (Å²) in [5.74, 6) is 0. The maximum atomic E-state index is 4.17. The molecule has 2 rings (SSSR count). The average molecular weight is 453 g/mol. The highest BCUT2D eigenvalue weighted by Gasteiger charge is 2.11. The molecule has 1 N–H and O–H groups in total. The summed E-state index contributed by atoms with van der Waals surface area (Å²) >= 11 is 10.5. The molecular weight excluding hydrogens is 440 g/mol. The van der Waals surface area contributed by atoms with Crippen LogP contribution in [0.3, 0.4) is 0 Å². The fourth-order valence-electron chi connectivity index (χ4n) is 1.55. The zero-order valence-electron chi connectivity index (χ0n) is 10.5. The van der Waals surface area contributed by atoms with Gasteiger partial charge in [-0.1, -0.05) is 35.0 Å². The first kappa shape index (κ1) is 15.2. The minimum Gasteiger partial charge on any atom is -0.309 e. The van der Waals surface area contributed by atoms with Gasteiger partial charge in [0.15, 0.2) is 0 Å². The van der Waals surface area contributed by atoms with Crippen LogP contribution in [0.2, 0.25) is 0 Å². The summed E-state index contributed by atoms with van der Waals surface area (Å²) in [5, 5.41) is 11.7. The van der Waals surface area contributed by atoms with Gasteiger partial charge in [0, 0.05) is 26.0 Å². The summed E-state index contributed by atoms with van der Waals surface area (Å²) in [6.07, 6.45) is 1.92. The van der Waals surface area contributed by atoms with Crippen molar-refractivity contribution in [2.75, 3.05) is 0 Å². The summed E-state index contributed by atoms with van der Waals surface area (Å²) in [7, 11) is 0. The van der Waals surface area contributed by atoms with Gasteiger partial charge in [0.2, 0.25) is 0 Å². The van der Waals surface area contributed by atoms with Crippen LogP contribution in [0, 0.1) is 0 Å². The van der Waals surface area contributed by atoms with Gasteiger partial charge in [0.25, 0.3) is 0 Å². The normalized spacial score (nSPS) is 11.3. The quantitative estimate of drug-likeness (QED) is 0.761. The van der Waals surface area contributed by atoms with Crippen LogP contribution in [0.4, 0.5) is 0 Å². The number of hydrogen-bond acceptors (Lipinski definition) is 3. The highest BCUT2D eigenvalue weighted by molar-refractivity contribution is 9.11. The summed E-state index contributed by atoms with van der Waals surface area (Å²) in [5.41, 5.74) is 1.85. The molecular formula is C12H13Br3N4. The lowest BCUT2D eigenvalue weighted by atomic mass is 10.3. The molecule has 0 fully saturated rings. The van der Waals surface area contributed by atoms with Crippen LogP contribution in [-0.2, 0) is 6.54 Å². The van der Waals surface area contributed by atoms with E-state index in [2.05, 4.69) is 77.3 Å². The standard InChI is InChI=1S/C12H13Br3N4/c1-7(2)16-5-9-6-19(18-17-9)12-10(14)3-8(13)4-11(12)15/h3-4,6-7,16H,5H2,1-2H3. The van der Waals surface area contributed by atoms with Crippen molar-refractivity contribution in [2.45, 2.75) is 26.4 Å². The SMILES string of the molecule is CC(C)NCc1cn(-c2c(Br)cc(Br)cc2Br)nn1. The zero-order valence-corrected chi connectivity index (χ0v) is 15.3. The van der Waals surface area contributed by atoms with E-state index in [1.165, 1.54) is 0 Å². The van der Waals surface area contributed by atoms with Gasteiger partial charge in [-0.15, -0.1) is 5.10 Å². The molecule has 0 aliphatic carbocycles. The molecule has 102 valence electrons. The van der Waals surface area contributed by atoms with Gasteiger partial charge in [-0.2, -0.15) is 0 Å². The summed E-state index contributed by atoms with van der Waals surface area (Å²) in [6.45, 7) is 4.92. The Bertz CT molecular complexity index is 557. The van der Waals surface area contributed by atoms with Crippen molar-refractivity contribution in [1.29, 1.82) is 0 Å². The lowest BCUT2D eigenvalue weighted by molar-refractivity contribution is 0.580. The molecule has 0 unspecified atom stereocenters. The first-order chi connectivity index (χ1) is 8.97. The van der Waals surface area contributed by atoms with Crippen molar-refractivity contribution in [2.24, 2.45) is 0 Å². The van der Waals surface area contributed by atoms with Crippen molar-refractivity contribution < 1.29 is 0 Å². The van der Waals surface area contributed by atoms with Gasteiger partial charge >= 0.3 is 0 Å². The molecule has 0 saturated carbocycles. The highest BCUT2D eigenvalue weighted by Crippen LogP contribution is 2.32. The molecule has 0 aliphatic heterocycles. The van der Waals surface area contributed by atoms with Crippen molar-refractivity contribution in [3.63, 3.8) is 0 Å². The van der Waals surface area contributed by atoms with Crippen molar-refractivity contribution in [3.05, 3.63) is 37.4 Å². The number of benzene rings is 1. The number of rotatable bonds is 4. The zero-order chi connectivity index (χ0) is 14.0. The maximum Gasteiger partial charge on any atom is 0.0969 e. The topological polar surface area (TPSA) is 42.7 Å². The van der Waals surface area contributed by atoms with Crippen LogP contribution < -0.4 is 5.32 Å². The number of nitrogens with one attached hydrogen (secondary N) is 1. The lowest BCUT2D eigenvalue weighted by Crippen LogP contribution is -2.21. The van der Waals surface area contributed by atoms with Crippen LogP contribution in [0.25, 0.3) is 5.69 Å². The fraction of sp³-hybridized carbons (Fsp3) is 0.333. The number of aromatic nitrogens is 3. The number of halogens is 3. The molecule has 19 heavy (non-hydrogen) atoms. The third-order valence-corrected chi connectivity index (χ3v) is 4.11. The molecule has 0 saturated heterocycles. The van der Waals surface area contributed by atoms with E-state index in [4.69, 9.17) is 0 Å². The summed E-state index contributed by atoms with van der Waals surface area (Å²) < 4.78 is 4.65. The Hall–Kier alpha value is -0.240. The third-order valence-electron chi connectivity index (χ3n) is 2.44. The van der Waals surface area contributed by atoms with E-state index in [0.717, 1.165) is 24.8 Å². The van der Waals surface area contributed by atoms with Crippen LogP contribution in [-0.4, -0.2) is 21.0 Å². The third kappa shape index (κ3) is 3.87. The minimum absolute atomic E-state index is 0.427. The molecule has 0 radical (unpaired) electrons. The molecule has 0 bridgehead atoms. The Morgan fingerprint density at radius 3 is 2.42 bits per heavy atom. The monoisotopic (exact) mass is 450 g/mol. The van der Waals surface area contributed by atoms with E-state index in [1.807, 2.05) is 18.3 Å². The molecule has 1 aromatic heterocycles. The van der Waals surface area contributed by atoms with Gasteiger partial charge in [0.1, 0.15) is 0 Å². The van der Waals surface area contributed by atoms with Gasteiger partial charge in [0.05, 0.1) is 17.6 Å². The summed E-state index contributed by atoms with van der Waals surface area (Å²) in [6, 6.07) is 4.39. The molecule has 0 amide bonds. The molecule has 1 aromatic carbocycles. The molecule has 1 heterocycles. The first-order valence-corrected chi connectivity index (χ1v) is 8.15. The number of nitrogens with zero attached hydrogens (tertiary/aromatic N) is 3. The second-order valence-corrected chi connectivity index (χ2v) is 7.03. The number of hydrogen-bond donors (Lipinski definition) is 1. The van der Waals surface area contributed by atoms with Gasteiger partial charge < -0.3 is 5.32 Å². The Kier molecular flexibility index (Phi) is 5.16. The van der Waals surface area contributed by atoms with E-state index in [9.17, 15) is 0 Å². The van der Waals surface area contributed by atoms with E-state index in [1.54, 1.807) is 4.68 Å². The molecule has 0 atom stereocenters. The first-order valence-electron chi connectivity index (χ1n) is 5.77. The maximum absolute atomic E-state index is 4.17. The predicted molar refractivity (Wildman–Crippen MR) is 86.4 cm³/mol. The highest BCUT2D eigenvalue weighted by atomic mass is 79.9. The Morgan fingerprint density at radius 1 is 1.21 bits per heavy atom. The van der Waals surface area contributed by atoms with Crippen LogP contribution in [0.1, 0.15) is 19.5 Å². The Morgan fingerprint density at radius 2 is 1.84 bits per heavy atom. The summed E-state index contributed by atoms with van der Waals surface area (Å²) in [4.78, 5) is 0. The van der Waals surface area contributed by atoms with Gasteiger partial charge in [-0.05, 0) is 44.0 Å². The minimum atomic E-state index is 0.427. The molecule has 2 aromatic rings. The fourth-order valence-corrected chi connectivity index (χ4v) is 4.17. The second-order valence-electron chi connectivity index (χ2n) is 4.41. The predicted octanol–water partition coefficient (Wildman–Crippen LogP) is 4.05. The van der Waals surface area contributed by atoms with E-state index >= 15 is 0 Å². The van der Waals surface area contributed by atoms with Crippen LogP contribution >= 0.6 is 47.8 Å². The van der Waals surface area contributed by atoms with Crippen LogP contribution in [0.15, 0.2) is 31.7 Å². The second kappa shape index (κ2) is 6.47. The van der Waals surface area contributed by atoms with E-state index in [0.29, 0.717) is 12.6 Å². The largest absolute Gasteiger partial charge is 0.309 e. The van der Waals surface area contributed by atoms with Crippen molar-refractivity contribution >= 4 is 47.8 Å². The van der Waals surface area contributed by atoms with Crippen molar-refractivity contribution in [1.82, 2.24) is 20.3 Å².